The van der Waals surface area contributed by atoms with Gasteiger partial charge in [0.15, 0.2) is 6.10 Å². The van der Waals surface area contributed by atoms with Gasteiger partial charge in [0, 0.05) is 6.92 Å². The quantitative estimate of drug-likeness (QED) is 0.205. The van der Waals surface area contributed by atoms with E-state index in [2.05, 4.69) is 0 Å². The summed E-state index contributed by atoms with van der Waals surface area (Å²) in [5.74, 6) is -0.537. The average Bonchev–Trinajstić information content (AvgIpc) is 2.96. The van der Waals surface area contributed by atoms with Crippen molar-refractivity contribution in [3.63, 3.8) is 0 Å². The van der Waals surface area contributed by atoms with Crippen molar-refractivity contribution in [2.45, 2.75) is 57.3 Å². The molecule has 4 rings (SSSR count). The summed E-state index contributed by atoms with van der Waals surface area (Å²) in [7, 11) is -3.79. The topological polar surface area (TPSA) is 107 Å². The molecular weight excluding hydrogens is 548 g/mol. The molecule has 41 heavy (non-hydrogen) atoms. The molecule has 1 fully saturated rings. The number of ether oxygens (including phenoxy) is 5. The number of hydrogen-bond acceptors (Lipinski definition) is 9. The lowest BCUT2D eigenvalue weighted by Gasteiger charge is -2.45. The van der Waals surface area contributed by atoms with Gasteiger partial charge >= 0.3 is 5.97 Å². The third-order valence-corrected chi connectivity index (χ3v) is 7.01. The summed E-state index contributed by atoms with van der Waals surface area (Å²) < 4.78 is 59.8. The van der Waals surface area contributed by atoms with Gasteiger partial charge in [-0.1, -0.05) is 91.0 Å². The predicted molar refractivity (Wildman–Crippen MR) is 151 cm³/mol. The van der Waals surface area contributed by atoms with Crippen LogP contribution in [0.15, 0.2) is 91.0 Å². The van der Waals surface area contributed by atoms with Crippen LogP contribution in [0.5, 0.6) is 0 Å². The van der Waals surface area contributed by atoms with E-state index in [4.69, 9.17) is 27.9 Å². The second kappa shape index (κ2) is 15.2. The van der Waals surface area contributed by atoms with E-state index >= 15 is 0 Å². The minimum atomic E-state index is -3.79. The van der Waals surface area contributed by atoms with Gasteiger partial charge in [0.25, 0.3) is 10.1 Å². The number of rotatable bonds is 14. The third-order valence-electron chi connectivity index (χ3n) is 6.44. The SMILES string of the molecule is CC(=O)OC1C(OCc2ccccc2)[C@@H](COS(C)(=O)=O)OC(COCc2ccccc2)[C@H]1OCc1ccccc1. The zero-order valence-corrected chi connectivity index (χ0v) is 24.0. The van der Waals surface area contributed by atoms with Gasteiger partial charge in [-0.05, 0) is 16.7 Å². The Labute approximate surface area is 241 Å². The van der Waals surface area contributed by atoms with Crippen molar-refractivity contribution in [2.24, 2.45) is 0 Å². The minimum absolute atomic E-state index is 0.0902. The van der Waals surface area contributed by atoms with E-state index in [0.717, 1.165) is 22.9 Å². The molecule has 3 aromatic rings. The first-order valence-electron chi connectivity index (χ1n) is 13.4. The van der Waals surface area contributed by atoms with Crippen LogP contribution in [0.4, 0.5) is 0 Å². The summed E-state index contributed by atoms with van der Waals surface area (Å²) in [6.45, 7) is 1.77. The van der Waals surface area contributed by atoms with Gasteiger partial charge in [0.2, 0.25) is 0 Å². The van der Waals surface area contributed by atoms with Gasteiger partial charge in [-0.2, -0.15) is 8.42 Å². The Bertz CT molecular complexity index is 1300. The largest absolute Gasteiger partial charge is 0.457 e. The summed E-state index contributed by atoms with van der Waals surface area (Å²) in [5, 5.41) is 0. The van der Waals surface area contributed by atoms with Crippen molar-refractivity contribution in [2.75, 3.05) is 19.5 Å². The van der Waals surface area contributed by atoms with Crippen LogP contribution in [0.1, 0.15) is 23.6 Å². The van der Waals surface area contributed by atoms with Gasteiger partial charge in [-0.15, -0.1) is 0 Å². The smallest absolute Gasteiger partial charge is 0.303 e. The summed E-state index contributed by atoms with van der Waals surface area (Å²) in [6, 6.07) is 28.7. The number of carbonyl (C=O) groups is 1. The molecule has 0 bridgehead atoms. The molecule has 0 saturated carbocycles. The van der Waals surface area contributed by atoms with Crippen LogP contribution in [0.2, 0.25) is 0 Å². The summed E-state index contributed by atoms with van der Waals surface area (Å²) in [5.41, 5.74) is 2.77. The van der Waals surface area contributed by atoms with E-state index in [9.17, 15) is 13.2 Å². The molecule has 10 heteroatoms. The molecule has 1 heterocycles. The molecular formula is C31H36O9S. The fourth-order valence-electron chi connectivity index (χ4n) is 4.58. The monoisotopic (exact) mass is 584 g/mol. The highest BCUT2D eigenvalue weighted by molar-refractivity contribution is 7.85. The first-order chi connectivity index (χ1) is 19.8. The van der Waals surface area contributed by atoms with Crippen LogP contribution in [-0.2, 0) is 62.6 Å². The highest BCUT2D eigenvalue weighted by Crippen LogP contribution is 2.31. The van der Waals surface area contributed by atoms with Crippen molar-refractivity contribution in [1.29, 1.82) is 0 Å². The normalized spacial score (nSPS) is 22.7. The van der Waals surface area contributed by atoms with Crippen molar-refractivity contribution in [3.05, 3.63) is 108 Å². The number of carbonyl (C=O) groups excluding carboxylic acids is 1. The standard InChI is InChI=1S/C31H36O9S/c1-23(32)39-31-29(36-19-25-14-8-4-9-15-25)27(21-35-18-24-12-6-3-7-13-24)40-28(22-38-41(2,33)34)30(31)37-20-26-16-10-5-11-17-26/h3-17,27-31H,18-22H2,1-2H3/t27?,28-,29-,30?,31?/m1/s1. The second-order valence-electron chi connectivity index (χ2n) is 9.80. The van der Waals surface area contributed by atoms with E-state index in [1.165, 1.54) is 6.92 Å². The van der Waals surface area contributed by atoms with Gasteiger partial charge in [0.05, 0.1) is 39.3 Å². The maximum atomic E-state index is 12.3. The molecule has 0 N–H and O–H groups in total. The predicted octanol–water partition coefficient (Wildman–Crippen LogP) is 4.05. The summed E-state index contributed by atoms with van der Waals surface area (Å²) in [4.78, 5) is 12.3. The van der Waals surface area contributed by atoms with Gasteiger partial charge in [0.1, 0.15) is 24.4 Å². The second-order valence-corrected chi connectivity index (χ2v) is 11.4. The Hall–Kier alpha value is -3.12. The van der Waals surface area contributed by atoms with E-state index in [0.29, 0.717) is 6.61 Å². The van der Waals surface area contributed by atoms with E-state index < -0.39 is 46.6 Å². The van der Waals surface area contributed by atoms with Crippen LogP contribution >= 0.6 is 0 Å². The number of benzene rings is 3. The van der Waals surface area contributed by atoms with Crippen molar-refractivity contribution >= 4 is 16.1 Å². The molecule has 220 valence electrons. The number of hydrogen-bond donors (Lipinski definition) is 0. The summed E-state index contributed by atoms with van der Waals surface area (Å²) >= 11 is 0. The van der Waals surface area contributed by atoms with Crippen LogP contribution in [0.25, 0.3) is 0 Å². The van der Waals surface area contributed by atoms with E-state index in [1.807, 2.05) is 91.0 Å². The molecule has 0 spiro atoms. The van der Waals surface area contributed by atoms with Crippen molar-refractivity contribution in [1.82, 2.24) is 0 Å². The molecule has 0 aliphatic carbocycles. The molecule has 0 amide bonds. The van der Waals surface area contributed by atoms with Crippen LogP contribution in [0.3, 0.4) is 0 Å². The Morgan fingerprint density at radius 2 is 1.12 bits per heavy atom. The molecule has 9 nitrogen and oxygen atoms in total. The molecule has 1 aliphatic heterocycles. The highest BCUT2D eigenvalue weighted by Gasteiger charge is 2.50. The molecule has 1 saturated heterocycles. The third kappa shape index (κ3) is 10.0. The van der Waals surface area contributed by atoms with Crippen LogP contribution in [0, 0.1) is 0 Å². The Morgan fingerprint density at radius 1 is 0.683 bits per heavy atom. The molecule has 0 radical (unpaired) electrons. The van der Waals surface area contributed by atoms with Crippen LogP contribution in [-0.4, -0.2) is 64.4 Å². The first kappa shape index (κ1) is 30.8. The zero-order valence-electron chi connectivity index (χ0n) is 23.2. The summed E-state index contributed by atoms with van der Waals surface area (Å²) in [6.07, 6.45) is -3.29. The van der Waals surface area contributed by atoms with E-state index in [1.54, 1.807) is 0 Å². The molecule has 0 aromatic heterocycles. The zero-order chi connectivity index (χ0) is 29.1. The molecule has 1 aliphatic rings. The lowest BCUT2D eigenvalue weighted by Crippen LogP contribution is -2.62. The average molecular weight is 585 g/mol. The van der Waals surface area contributed by atoms with Crippen molar-refractivity contribution in [3.8, 4) is 0 Å². The maximum absolute atomic E-state index is 12.3. The lowest BCUT2D eigenvalue weighted by molar-refractivity contribution is -0.268. The molecule has 3 aromatic carbocycles. The highest BCUT2D eigenvalue weighted by atomic mass is 32.2. The maximum Gasteiger partial charge on any atom is 0.303 e. The van der Waals surface area contributed by atoms with Gasteiger partial charge in [-0.25, -0.2) is 0 Å². The Morgan fingerprint density at radius 3 is 1.56 bits per heavy atom. The van der Waals surface area contributed by atoms with Gasteiger partial charge in [-0.3, -0.25) is 8.98 Å². The minimum Gasteiger partial charge on any atom is -0.457 e. The Balaban J connectivity index is 1.61. The van der Waals surface area contributed by atoms with Gasteiger partial charge < -0.3 is 23.7 Å². The molecule has 3 unspecified atom stereocenters. The lowest BCUT2D eigenvalue weighted by atomic mass is 9.94. The van der Waals surface area contributed by atoms with E-state index in [-0.39, 0.29) is 26.4 Å². The molecule has 5 atom stereocenters. The van der Waals surface area contributed by atoms with Crippen LogP contribution < -0.4 is 0 Å². The fourth-order valence-corrected chi connectivity index (χ4v) is 4.96. The Kier molecular flexibility index (Phi) is 11.4. The van der Waals surface area contributed by atoms with Crippen molar-refractivity contribution < 1.29 is 41.1 Å². The fraction of sp³-hybridized carbons (Fsp3) is 0.387. The first-order valence-corrected chi connectivity index (χ1v) is 15.2. The number of esters is 1.